The van der Waals surface area contributed by atoms with Gasteiger partial charge >= 0.3 is 5.97 Å². The fraction of sp³-hybridized carbons (Fsp3) is 0.952. The van der Waals surface area contributed by atoms with Crippen LogP contribution >= 0.6 is 0 Å². The summed E-state index contributed by atoms with van der Waals surface area (Å²) in [5.74, 6) is 1.94. The van der Waals surface area contributed by atoms with Crippen LogP contribution in [0.15, 0.2) is 0 Å². The minimum Gasteiger partial charge on any atom is -0.459 e. The summed E-state index contributed by atoms with van der Waals surface area (Å²) in [5.41, 5.74) is 0. The van der Waals surface area contributed by atoms with Crippen LogP contribution in [0.25, 0.3) is 0 Å². The molecule has 0 N–H and O–H groups in total. The molecule has 2 rings (SSSR count). The average molecular weight is 359 g/mol. The van der Waals surface area contributed by atoms with Crippen LogP contribution in [0.3, 0.4) is 0 Å². The molecule has 2 saturated carbocycles. The predicted molar refractivity (Wildman–Crippen MR) is 96.6 cm³/mol. The van der Waals surface area contributed by atoms with E-state index in [1.54, 1.807) is 0 Å². The van der Waals surface area contributed by atoms with Gasteiger partial charge in [-0.1, -0.05) is 51.9 Å². The Morgan fingerprint density at radius 2 is 1.52 bits per heavy atom. The van der Waals surface area contributed by atoms with Crippen LogP contribution in [0, 0.1) is 23.7 Å². The van der Waals surface area contributed by atoms with Gasteiger partial charge in [-0.2, -0.15) is 0 Å². The lowest BCUT2D eigenvalue weighted by Crippen LogP contribution is -2.29. The molecule has 0 spiro atoms. The number of esters is 1. The highest BCUT2D eigenvalue weighted by atomic mass is 19.3. The summed E-state index contributed by atoms with van der Waals surface area (Å²) < 4.78 is 29.0. The van der Waals surface area contributed by atoms with Crippen molar-refractivity contribution < 1.29 is 18.3 Å². The first-order valence-electron chi connectivity index (χ1n) is 10.5. The molecule has 0 amide bonds. The van der Waals surface area contributed by atoms with Gasteiger partial charge in [0.15, 0.2) is 6.61 Å². The average Bonchev–Trinajstić information content (AvgIpc) is 2.64. The number of rotatable bonds is 9. The zero-order chi connectivity index (χ0) is 18.1. The Hall–Kier alpha value is -0.670. The maximum absolute atomic E-state index is 12.1. The first kappa shape index (κ1) is 20.6. The van der Waals surface area contributed by atoms with Gasteiger partial charge < -0.3 is 4.74 Å². The number of unbranched alkanes of at least 4 members (excludes halogenated alkanes) is 3. The molecule has 0 aromatic heterocycles. The van der Waals surface area contributed by atoms with Crippen LogP contribution in [-0.4, -0.2) is 19.0 Å². The minimum atomic E-state index is -2.56. The molecule has 25 heavy (non-hydrogen) atoms. The summed E-state index contributed by atoms with van der Waals surface area (Å²) in [6.07, 6.45) is 13.6. The second-order valence-electron chi connectivity index (χ2n) is 8.26. The molecule has 0 heterocycles. The van der Waals surface area contributed by atoms with Crippen molar-refractivity contribution in [1.29, 1.82) is 0 Å². The van der Waals surface area contributed by atoms with Gasteiger partial charge in [-0.15, -0.1) is 0 Å². The van der Waals surface area contributed by atoms with E-state index in [2.05, 4.69) is 6.92 Å². The molecule has 0 bridgehead atoms. The highest BCUT2D eigenvalue weighted by Crippen LogP contribution is 2.42. The molecular formula is C21H36F2O2. The summed E-state index contributed by atoms with van der Waals surface area (Å²) in [4.78, 5) is 11.8. The number of alkyl halides is 2. The minimum absolute atomic E-state index is 0.148. The molecule has 2 aliphatic rings. The Bertz CT molecular complexity index is 370. The third-order valence-corrected chi connectivity index (χ3v) is 6.48. The van der Waals surface area contributed by atoms with Crippen molar-refractivity contribution in [1.82, 2.24) is 0 Å². The van der Waals surface area contributed by atoms with Gasteiger partial charge in [0.1, 0.15) is 0 Å². The monoisotopic (exact) mass is 358 g/mol. The van der Waals surface area contributed by atoms with Crippen molar-refractivity contribution in [2.24, 2.45) is 23.7 Å². The van der Waals surface area contributed by atoms with Crippen LogP contribution in [0.5, 0.6) is 0 Å². The highest BCUT2D eigenvalue weighted by molar-refractivity contribution is 5.72. The molecule has 0 aliphatic heterocycles. The molecule has 146 valence electrons. The van der Waals surface area contributed by atoms with Gasteiger partial charge in [0, 0.05) is 0 Å². The highest BCUT2D eigenvalue weighted by Gasteiger charge is 2.33. The maximum Gasteiger partial charge on any atom is 0.309 e. The number of halogens is 2. The third kappa shape index (κ3) is 7.22. The predicted octanol–water partition coefficient (Wildman–Crippen LogP) is 6.38. The van der Waals surface area contributed by atoms with Crippen molar-refractivity contribution in [3.8, 4) is 0 Å². The van der Waals surface area contributed by atoms with Crippen LogP contribution in [-0.2, 0) is 9.53 Å². The Morgan fingerprint density at radius 3 is 2.08 bits per heavy atom. The molecule has 0 unspecified atom stereocenters. The number of carbonyl (C=O) groups excluding carboxylic acids is 1. The van der Waals surface area contributed by atoms with Gasteiger partial charge in [0.2, 0.25) is 0 Å². The lowest BCUT2D eigenvalue weighted by molar-refractivity contribution is -0.154. The molecule has 0 aromatic carbocycles. The van der Waals surface area contributed by atoms with Crippen LogP contribution < -0.4 is 0 Å². The standard InChI is InChI=1S/C21H36F2O2/c1-2-3-4-5-6-16-7-9-17(10-8-16)18-11-13-19(14-12-18)21(24)25-15-20(22)23/h16-20H,2-15H2,1H3. The summed E-state index contributed by atoms with van der Waals surface area (Å²) in [7, 11) is 0. The van der Waals surface area contributed by atoms with E-state index in [0.717, 1.165) is 43.4 Å². The van der Waals surface area contributed by atoms with E-state index in [1.165, 1.54) is 57.8 Å². The molecule has 0 aromatic rings. The van der Waals surface area contributed by atoms with E-state index in [9.17, 15) is 13.6 Å². The SMILES string of the molecule is CCCCCCC1CCC(C2CCC(C(=O)OCC(F)F)CC2)CC1. The molecule has 4 heteroatoms. The molecule has 0 radical (unpaired) electrons. The molecule has 0 atom stereocenters. The lowest BCUT2D eigenvalue weighted by atomic mass is 9.68. The molecule has 2 nitrogen and oxygen atoms in total. The summed E-state index contributed by atoms with van der Waals surface area (Å²) in [6.45, 7) is 1.51. The van der Waals surface area contributed by atoms with Gasteiger partial charge in [0.25, 0.3) is 6.43 Å². The van der Waals surface area contributed by atoms with E-state index in [1.807, 2.05) is 0 Å². The molecular weight excluding hydrogens is 322 g/mol. The van der Waals surface area contributed by atoms with E-state index >= 15 is 0 Å². The van der Waals surface area contributed by atoms with Gasteiger partial charge in [-0.25, -0.2) is 8.78 Å². The van der Waals surface area contributed by atoms with E-state index < -0.39 is 19.0 Å². The second kappa shape index (κ2) is 11.1. The molecule has 2 aliphatic carbocycles. The normalized spacial score (nSPS) is 30.4. The molecule has 2 fully saturated rings. The van der Waals surface area contributed by atoms with Crippen LogP contribution in [0.1, 0.15) is 90.4 Å². The fourth-order valence-corrected chi connectivity index (χ4v) is 4.90. The fourth-order valence-electron chi connectivity index (χ4n) is 4.90. The quantitative estimate of drug-likeness (QED) is 0.353. The zero-order valence-electron chi connectivity index (χ0n) is 15.9. The summed E-state index contributed by atoms with van der Waals surface area (Å²) in [5, 5.41) is 0. The van der Waals surface area contributed by atoms with Gasteiger partial charge in [0.05, 0.1) is 5.92 Å². The van der Waals surface area contributed by atoms with Crippen molar-refractivity contribution in [3.63, 3.8) is 0 Å². The zero-order valence-corrected chi connectivity index (χ0v) is 15.9. The van der Waals surface area contributed by atoms with Crippen molar-refractivity contribution >= 4 is 5.97 Å². The van der Waals surface area contributed by atoms with Gasteiger partial charge in [-0.05, 0) is 56.3 Å². The Morgan fingerprint density at radius 1 is 0.920 bits per heavy atom. The third-order valence-electron chi connectivity index (χ3n) is 6.48. The molecule has 0 saturated heterocycles. The first-order chi connectivity index (χ1) is 12.1. The Balaban J connectivity index is 1.61. The number of carbonyl (C=O) groups is 1. The number of hydrogen-bond acceptors (Lipinski definition) is 2. The Kier molecular flexibility index (Phi) is 9.19. The maximum atomic E-state index is 12.1. The Labute approximate surface area is 152 Å². The summed E-state index contributed by atoms with van der Waals surface area (Å²) >= 11 is 0. The largest absolute Gasteiger partial charge is 0.459 e. The van der Waals surface area contributed by atoms with Crippen molar-refractivity contribution in [2.45, 2.75) is 96.8 Å². The summed E-state index contributed by atoms with van der Waals surface area (Å²) in [6, 6.07) is 0. The number of ether oxygens (including phenoxy) is 1. The smallest absolute Gasteiger partial charge is 0.309 e. The van der Waals surface area contributed by atoms with Crippen LogP contribution in [0.2, 0.25) is 0 Å². The second-order valence-corrected chi connectivity index (χ2v) is 8.26. The van der Waals surface area contributed by atoms with E-state index in [4.69, 9.17) is 4.74 Å². The van der Waals surface area contributed by atoms with Crippen molar-refractivity contribution in [3.05, 3.63) is 0 Å². The van der Waals surface area contributed by atoms with E-state index in [-0.39, 0.29) is 5.92 Å². The first-order valence-corrected chi connectivity index (χ1v) is 10.5. The lowest BCUT2D eigenvalue weighted by Gasteiger charge is -2.37. The number of hydrogen-bond donors (Lipinski definition) is 0. The van der Waals surface area contributed by atoms with Crippen LogP contribution in [0.4, 0.5) is 8.78 Å². The van der Waals surface area contributed by atoms with E-state index in [0.29, 0.717) is 0 Å². The van der Waals surface area contributed by atoms with Gasteiger partial charge in [-0.3, -0.25) is 4.79 Å². The van der Waals surface area contributed by atoms with Crippen molar-refractivity contribution in [2.75, 3.05) is 6.61 Å². The topological polar surface area (TPSA) is 26.3 Å².